The van der Waals surface area contributed by atoms with Gasteiger partial charge in [0.1, 0.15) is 0 Å². The Labute approximate surface area is 124 Å². The summed E-state index contributed by atoms with van der Waals surface area (Å²) in [5, 5.41) is 5.30. The first-order valence-corrected chi connectivity index (χ1v) is 6.70. The summed E-state index contributed by atoms with van der Waals surface area (Å²) in [5.41, 5.74) is 4.63. The van der Waals surface area contributed by atoms with Gasteiger partial charge < -0.3 is 0 Å². The maximum Gasteiger partial charge on any atom is 0.0562 e. The van der Waals surface area contributed by atoms with Crippen molar-refractivity contribution in [2.75, 3.05) is 5.43 Å². The van der Waals surface area contributed by atoms with Crippen molar-refractivity contribution in [1.82, 2.24) is 0 Å². The van der Waals surface area contributed by atoms with E-state index >= 15 is 0 Å². The highest BCUT2D eigenvalue weighted by atomic mass is 79.9. The highest BCUT2D eigenvalue weighted by Crippen LogP contribution is 2.19. The molecule has 0 aliphatic rings. The molecule has 0 atom stereocenters. The number of rotatable bonds is 3. The zero-order valence-electron chi connectivity index (χ0n) is 9.20. The van der Waals surface area contributed by atoms with Crippen molar-refractivity contribution in [2.45, 2.75) is 0 Å². The number of halogens is 3. The standard InChI is InChI=1S/C13H9BrCl2N2/c14-10-2-5-12(6-3-10)18-17-8-9-1-4-11(15)7-13(9)16/h1-8,18H/b17-8+. The lowest BCUT2D eigenvalue weighted by Crippen LogP contribution is -1.90. The number of benzene rings is 2. The molecule has 0 bridgehead atoms. The molecule has 2 aromatic rings. The largest absolute Gasteiger partial charge is 0.279 e. The Balaban J connectivity index is 2.05. The van der Waals surface area contributed by atoms with E-state index in [4.69, 9.17) is 23.2 Å². The third-order valence-corrected chi connectivity index (χ3v) is 3.30. The number of nitrogens with one attached hydrogen (secondary N) is 1. The molecule has 0 unspecified atom stereocenters. The molecule has 18 heavy (non-hydrogen) atoms. The predicted octanol–water partition coefficient (Wildman–Crippen LogP) is 5.20. The van der Waals surface area contributed by atoms with Gasteiger partial charge >= 0.3 is 0 Å². The Kier molecular flexibility index (Phi) is 4.64. The molecule has 0 radical (unpaired) electrons. The molecule has 0 saturated heterocycles. The molecule has 0 heterocycles. The first-order valence-electron chi connectivity index (χ1n) is 5.15. The minimum absolute atomic E-state index is 0.573. The fourth-order valence-electron chi connectivity index (χ4n) is 1.31. The van der Waals surface area contributed by atoms with Crippen molar-refractivity contribution in [3.63, 3.8) is 0 Å². The summed E-state index contributed by atoms with van der Waals surface area (Å²) in [6.07, 6.45) is 1.65. The van der Waals surface area contributed by atoms with Gasteiger partial charge in [-0.25, -0.2) is 0 Å². The summed E-state index contributed by atoms with van der Waals surface area (Å²) in [4.78, 5) is 0. The fraction of sp³-hybridized carbons (Fsp3) is 0. The van der Waals surface area contributed by atoms with Crippen molar-refractivity contribution in [3.05, 3.63) is 62.5 Å². The molecule has 0 aliphatic heterocycles. The van der Waals surface area contributed by atoms with Crippen LogP contribution in [0.5, 0.6) is 0 Å². The lowest BCUT2D eigenvalue weighted by Gasteiger charge is -2.01. The first-order chi connectivity index (χ1) is 8.65. The average molecular weight is 344 g/mol. The van der Waals surface area contributed by atoms with E-state index < -0.39 is 0 Å². The SMILES string of the molecule is Clc1ccc(/C=N/Nc2ccc(Br)cc2)c(Cl)c1. The van der Waals surface area contributed by atoms with Crippen LogP contribution < -0.4 is 5.43 Å². The van der Waals surface area contributed by atoms with E-state index in [2.05, 4.69) is 26.5 Å². The molecule has 92 valence electrons. The smallest absolute Gasteiger partial charge is 0.0562 e. The Hall–Kier alpha value is -1.03. The highest BCUT2D eigenvalue weighted by molar-refractivity contribution is 9.10. The van der Waals surface area contributed by atoms with Crippen LogP contribution in [0, 0.1) is 0 Å². The van der Waals surface area contributed by atoms with Crippen molar-refractivity contribution in [1.29, 1.82) is 0 Å². The van der Waals surface area contributed by atoms with Crippen LogP contribution in [0.1, 0.15) is 5.56 Å². The third kappa shape index (κ3) is 3.73. The van der Waals surface area contributed by atoms with Gasteiger partial charge in [-0.2, -0.15) is 5.10 Å². The molecule has 2 aromatic carbocycles. The second-order valence-corrected chi connectivity index (χ2v) is 5.30. The van der Waals surface area contributed by atoms with Gasteiger partial charge in [-0.05, 0) is 36.4 Å². The molecular weight excluding hydrogens is 335 g/mol. The number of anilines is 1. The Morgan fingerprint density at radius 2 is 1.78 bits per heavy atom. The topological polar surface area (TPSA) is 24.4 Å². The monoisotopic (exact) mass is 342 g/mol. The lowest BCUT2D eigenvalue weighted by molar-refractivity contribution is 1.35. The molecule has 2 nitrogen and oxygen atoms in total. The maximum atomic E-state index is 6.02. The molecule has 0 aromatic heterocycles. The number of hydrogen-bond acceptors (Lipinski definition) is 2. The Bertz CT molecular complexity index is 568. The van der Waals surface area contributed by atoms with E-state index in [9.17, 15) is 0 Å². The normalized spacial score (nSPS) is 10.8. The zero-order chi connectivity index (χ0) is 13.0. The molecule has 2 rings (SSSR count). The molecule has 1 N–H and O–H groups in total. The van der Waals surface area contributed by atoms with Crippen LogP contribution in [0.2, 0.25) is 10.0 Å². The van der Waals surface area contributed by atoms with Crippen LogP contribution in [0.3, 0.4) is 0 Å². The minimum atomic E-state index is 0.573. The molecular formula is C13H9BrCl2N2. The Morgan fingerprint density at radius 3 is 2.44 bits per heavy atom. The number of nitrogens with zero attached hydrogens (tertiary/aromatic N) is 1. The van der Waals surface area contributed by atoms with Gasteiger partial charge in [0.05, 0.1) is 16.9 Å². The Morgan fingerprint density at radius 1 is 1.06 bits per heavy atom. The predicted molar refractivity (Wildman–Crippen MR) is 81.8 cm³/mol. The molecule has 0 fully saturated rings. The lowest BCUT2D eigenvalue weighted by atomic mass is 10.2. The number of hydrazone groups is 1. The van der Waals surface area contributed by atoms with Gasteiger partial charge in [-0.1, -0.05) is 45.2 Å². The summed E-state index contributed by atoms with van der Waals surface area (Å²) >= 11 is 15.2. The van der Waals surface area contributed by atoms with Crippen molar-refractivity contribution >= 4 is 51.0 Å². The van der Waals surface area contributed by atoms with Gasteiger partial charge in [0.25, 0.3) is 0 Å². The summed E-state index contributed by atoms with van der Waals surface area (Å²) in [7, 11) is 0. The summed E-state index contributed by atoms with van der Waals surface area (Å²) in [5.74, 6) is 0. The van der Waals surface area contributed by atoms with E-state index in [1.165, 1.54) is 0 Å². The fourth-order valence-corrected chi connectivity index (χ4v) is 2.03. The summed E-state index contributed by atoms with van der Waals surface area (Å²) in [6, 6.07) is 13.0. The minimum Gasteiger partial charge on any atom is -0.279 e. The van der Waals surface area contributed by atoms with Crippen molar-refractivity contribution in [3.8, 4) is 0 Å². The molecule has 0 amide bonds. The van der Waals surface area contributed by atoms with E-state index in [0.717, 1.165) is 15.7 Å². The van der Waals surface area contributed by atoms with E-state index in [-0.39, 0.29) is 0 Å². The summed E-state index contributed by atoms with van der Waals surface area (Å²) < 4.78 is 1.03. The van der Waals surface area contributed by atoms with E-state index in [1.807, 2.05) is 30.3 Å². The zero-order valence-corrected chi connectivity index (χ0v) is 12.3. The van der Waals surface area contributed by atoms with Crippen molar-refractivity contribution < 1.29 is 0 Å². The molecule has 0 spiro atoms. The summed E-state index contributed by atoms with van der Waals surface area (Å²) in [6.45, 7) is 0. The quantitative estimate of drug-likeness (QED) is 0.601. The molecule has 5 heteroatoms. The van der Waals surface area contributed by atoms with E-state index in [1.54, 1.807) is 18.3 Å². The van der Waals surface area contributed by atoms with Crippen LogP contribution in [0.25, 0.3) is 0 Å². The average Bonchev–Trinajstić information content (AvgIpc) is 2.34. The van der Waals surface area contributed by atoms with Crippen molar-refractivity contribution in [2.24, 2.45) is 5.10 Å². The molecule has 0 saturated carbocycles. The number of hydrogen-bond donors (Lipinski definition) is 1. The van der Waals surface area contributed by atoms with Gasteiger partial charge in [0, 0.05) is 15.1 Å². The van der Waals surface area contributed by atoms with Crippen LogP contribution in [-0.2, 0) is 0 Å². The second kappa shape index (κ2) is 6.23. The van der Waals surface area contributed by atoms with Crippen LogP contribution in [0.15, 0.2) is 52.0 Å². The van der Waals surface area contributed by atoms with Crippen LogP contribution in [0.4, 0.5) is 5.69 Å². The van der Waals surface area contributed by atoms with Gasteiger partial charge in [-0.15, -0.1) is 0 Å². The van der Waals surface area contributed by atoms with E-state index in [0.29, 0.717) is 10.0 Å². The third-order valence-electron chi connectivity index (χ3n) is 2.20. The van der Waals surface area contributed by atoms with Crippen LogP contribution in [-0.4, -0.2) is 6.21 Å². The second-order valence-electron chi connectivity index (χ2n) is 3.54. The molecule has 0 aliphatic carbocycles. The highest BCUT2D eigenvalue weighted by Gasteiger charge is 1.97. The van der Waals surface area contributed by atoms with Gasteiger partial charge in [0.2, 0.25) is 0 Å². The maximum absolute atomic E-state index is 6.02. The van der Waals surface area contributed by atoms with Crippen LogP contribution >= 0.6 is 39.1 Å². The first kappa shape index (κ1) is 13.4. The van der Waals surface area contributed by atoms with Gasteiger partial charge in [0.15, 0.2) is 0 Å². The van der Waals surface area contributed by atoms with Gasteiger partial charge in [-0.3, -0.25) is 5.43 Å².